The average molecular weight is 275 g/mol. The molecule has 0 aliphatic carbocycles. The predicted molar refractivity (Wildman–Crippen MR) is 86.4 cm³/mol. The number of aromatic nitrogens is 2. The lowest BCUT2D eigenvalue weighted by Crippen LogP contribution is -2.20. The molecule has 0 N–H and O–H groups in total. The molecule has 0 saturated carbocycles. The Hall–Kier alpha value is -2.42. The maximum Gasteiger partial charge on any atom is 0.225 e. The van der Waals surface area contributed by atoms with Crippen LogP contribution in [0.25, 0.3) is 22.0 Å². The van der Waals surface area contributed by atoms with Gasteiger partial charge in [0.1, 0.15) is 0 Å². The van der Waals surface area contributed by atoms with Gasteiger partial charge in [0, 0.05) is 24.8 Å². The van der Waals surface area contributed by atoms with E-state index < -0.39 is 0 Å². The molecular formula is C18H17N3. The van der Waals surface area contributed by atoms with Crippen molar-refractivity contribution in [1.29, 1.82) is 0 Å². The number of fused-ring (bicyclic) bond motifs is 1. The molecule has 0 spiro atoms. The van der Waals surface area contributed by atoms with E-state index in [9.17, 15) is 0 Å². The van der Waals surface area contributed by atoms with Gasteiger partial charge in [-0.25, -0.2) is 9.97 Å². The minimum Gasteiger partial charge on any atom is -0.341 e. The molecule has 0 amide bonds. The predicted octanol–water partition coefficient (Wildman–Crippen LogP) is 3.90. The molecule has 1 aromatic heterocycles. The lowest BCUT2D eigenvalue weighted by atomic mass is 10.0. The van der Waals surface area contributed by atoms with Gasteiger partial charge in [-0.3, -0.25) is 0 Å². The van der Waals surface area contributed by atoms with Gasteiger partial charge in [0.05, 0.1) is 5.69 Å². The number of benzene rings is 2. The van der Waals surface area contributed by atoms with Crippen molar-refractivity contribution in [2.24, 2.45) is 0 Å². The van der Waals surface area contributed by atoms with E-state index in [2.05, 4.69) is 52.3 Å². The fourth-order valence-corrected chi connectivity index (χ4v) is 3.02. The van der Waals surface area contributed by atoms with Gasteiger partial charge < -0.3 is 4.90 Å². The highest BCUT2D eigenvalue weighted by Gasteiger charge is 2.15. The number of hydrogen-bond donors (Lipinski definition) is 0. The van der Waals surface area contributed by atoms with Crippen molar-refractivity contribution < 1.29 is 0 Å². The third-order valence-electron chi connectivity index (χ3n) is 4.10. The van der Waals surface area contributed by atoms with Crippen LogP contribution in [0.3, 0.4) is 0 Å². The van der Waals surface area contributed by atoms with Crippen LogP contribution in [0, 0.1) is 0 Å². The van der Waals surface area contributed by atoms with Crippen LogP contribution in [0.4, 0.5) is 5.95 Å². The van der Waals surface area contributed by atoms with Gasteiger partial charge in [-0.15, -0.1) is 0 Å². The quantitative estimate of drug-likeness (QED) is 0.710. The Kier molecular flexibility index (Phi) is 3.03. The number of rotatable bonds is 2. The van der Waals surface area contributed by atoms with Crippen LogP contribution in [0.1, 0.15) is 12.8 Å². The second-order valence-corrected chi connectivity index (χ2v) is 5.46. The van der Waals surface area contributed by atoms with Crippen LogP contribution in [0.5, 0.6) is 0 Å². The van der Waals surface area contributed by atoms with Crippen molar-refractivity contribution in [3.63, 3.8) is 0 Å². The first-order valence-corrected chi connectivity index (χ1v) is 7.48. The van der Waals surface area contributed by atoms with Crippen molar-refractivity contribution in [3.05, 3.63) is 54.7 Å². The Morgan fingerprint density at radius 1 is 0.857 bits per heavy atom. The molecule has 1 aliphatic heterocycles. The minimum absolute atomic E-state index is 0.859. The standard InChI is InChI=1S/C18H17N3/c1-2-8-15-14(6-1)7-5-9-16(15)17-10-11-19-18(20-17)21-12-3-4-13-21/h1-2,5-11H,3-4,12-13H2. The largest absolute Gasteiger partial charge is 0.341 e. The van der Waals surface area contributed by atoms with Gasteiger partial charge in [-0.05, 0) is 29.7 Å². The molecule has 0 bridgehead atoms. The molecule has 0 radical (unpaired) electrons. The van der Waals surface area contributed by atoms with Crippen molar-refractivity contribution >= 4 is 16.7 Å². The fraction of sp³-hybridized carbons (Fsp3) is 0.222. The van der Waals surface area contributed by atoms with Crippen LogP contribution in [0.15, 0.2) is 54.7 Å². The van der Waals surface area contributed by atoms with E-state index >= 15 is 0 Å². The number of anilines is 1. The van der Waals surface area contributed by atoms with E-state index in [0.717, 1.165) is 24.7 Å². The Morgan fingerprint density at radius 3 is 2.57 bits per heavy atom. The van der Waals surface area contributed by atoms with E-state index in [4.69, 9.17) is 4.98 Å². The summed E-state index contributed by atoms with van der Waals surface area (Å²) in [4.78, 5) is 11.5. The van der Waals surface area contributed by atoms with Crippen LogP contribution >= 0.6 is 0 Å². The van der Waals surface area contributed by atoms with Gasteiger partial charge in [-0.2, -0.15) is 0 Å². The highest BCUT2D eigenvalue weighted by Crippen LogP contribution is 2.28. The van der Waals surface area contributed by atoms with Crippen LogP contribution < -0.4 is 4.90 Å². The number of nitrogens with zero attached hydrogens (tertiary/aromatic N) is 3. The Labute approximate surface area is 124 Å². The summed E-state index contributed by atoms with van der Waals surface area (Å²) >= 11 is 0. The van der Waals surface area contributed by atoms with Crippen molar-refractivity contribution in [3.8, 4) is 11.3 Å². The summed E-state index contributed by atoms with van der Waals surface area (Å²) in [5, 5.41) is 2.49. The summed E-state index contributed by atoms with van der Waals surface area (Å²) < 4.78 is 0. The molecule has 104 valence electrons. The molecule has 2 heterocycles. The van der Waals surface area contributed by atoms with Crippen molar-refractivity contribution in [1.82, 2.24) is 9.97 Å². The van der Waals surface area contributed by atoms with Gasteiger partial charge in [0.25, 0.3) is 0 Å². The summed E-state index contributed by atoms with van der Waals surface area (Å²) in [7, 11) is 0. The van der Waals surface area contributed by atoms with E-state index in [0.29, 0.717) is 0 Å². The first kappa shape index (κ1) is 12.3. The van der Waals surface area contributed by atoms with Gasteiger partial charge in [0.15, 0.2) is 0 Å². The molecule has 2 aromatic carbocycles. The Morgan fingerprint density at radius 2 is 1.67 bits per heavy atom. The SMILES string of the molecule is c1ccc2c(-c3ccnc(N4CCCC4)n3)cccc2c1. The molecule has 21 heavy (non-hydrogen) atoms. The topological polar surface area (TPSA) is 29.0 Å². The van der Waals surface area contributed by atoms with Gasteiger partial charge >= 0.3 is 0 Å². The van der Waals surface area contributed by atoms with Crippen molar-refractivity contribution in [2.45, 2.75) is 12.8 Å². The Balaban J connectivity index is 1.83. The summed E-state index contributed by atoms with van der Waals surface area (Å²) in [6, 6.07) is 16.8. The Bertz CT molecular complexity index is 771. The fourth-order valence-electron chi connectivity index (χ4n) is 3.02. The van der Waals surface area contributed by atoms with Crippen LogP contribution in [-0.2, 0) is 0 Å². The zero-order valence-electron chi connectivity index (χ0n) is 11.9. The van der Waals surface area contributed by atoms with E-state index in [-0.39, 0.29) is 0 Å². The second kappa shape index (κ2) is 5.17. The maximum atomic E-state index is 4.79. The highest BCUT2D eigenvalue weighted by molar-refractivity contribution is 5.95. The summed E-state index contributed by atoms with van der Waals surface area (Å²) in [6.45, 7) is 2.14. The van der Waals surface area contributed by atoms with E-state index in [1.807, 2.05) is 12.3 Å². The van der Waals surface area contributed by atoms with E-state index in [1.165, 1.54) is 29.2 Å². The lowest BCUT2D eigenvalue weighted by molar-refractivity contribution is 0.900. The normalized spacial score (nSPS) is 14.8. The molecule has 3 heteroatoms. The molecule has 1 aliphatic rings. The molecule has 1 fully saturated rings. The molecule has 0 unspecified atom stereocenters. The van der Waals surface area contributed by atoms with Crippen molar-refractivity contribution in [2.75, 3.05) is 18.0 Å². The second-order valence-electron chi connectivity index (χ2n) is 5.46. The maximum absolute atomic E-state index is 4.79. The molecule has 4 rings (SSSR count). The van der Waals surface area contributed by atoms with Gasteiger partial charge in [-0.1, -0.05) is 42.5 Å². The monoisotopic (exact) mass is 275 g/mol. The first-order valence-electron chi connectivity index (χ1n) is 7.48. The molecular weight excluding hydrogens is 258 g/mol. The zero-order valence-corrected chi connectivity index (χ0v) is 11.9. The third-order valence-corrected chi connectivity index (χ3v) is 4.10. The molecule has 1 saturated heterocycles. The summed E-state index contributed by atoms with van der Waals surface area (Å²) in [6.07, 6.45) is 4.35. The first-order chi connectivity index (χ1) is 10.4. The lowest BCUT2D eigenvalue weighted by Gasteiger charge is -2.15. The van der Waals surface area contributed by atoms with E-state index in [1.54, 1.807) is 0 Å². The molecule has 3 nitrogen and oxygen atoms in total. The third kappa shape index (κ3) is 2.25. The zero-order chi connectivity index (χ0) is 14.1. The van der Waals surface area contributed by atoms with Gasteiger partial charge in [0.2, 0.25) is 5.95 Å². The van der Waals surface area contributed by atoms with Crippen LogP contribution in [-0.4, -0.2) is 23.1 Å². The number of hydrogen-bond acceptors (Lipinski definition) is 3. The smallest absolute Gasteiger partial charge is 0.225 e. The molecule has 3 aromatic rings. The molecule has 0 atom stereocenters. The minimum atomic E-state index is 0.859. The van der Waals surface area contributed by atoms with Crippen LogP contribution in [0.2, 0.25) is 0 Å². The summed E-state index contributed by atoms with van der Waals surface area (Å²) in [5.74, 6) is 0.859. The highest BCUT2D eigenvalue weighted by atomic mass is 15.3. The summed E-state index contributed by atoms with van der Waals surface area (Å²) in [5.41, 5.74) is 2.18. The average Bonchev–Trinajstić information content (AvgIpc) is 3.09.